The highest BCUT2D eigenvalue weighted by Gasteiger charge is 2.38. The second-order valence-electron chi connectivity index (χ2n) is 6.57. The van der Waals surface area contributed by atoms with Crippen LogP contribution in [0.3, 0.4) is 0 Å². The summed E-state index contributed by atoms with van der Waals surface area (Å²) in [6, 6.07) is 4.61. The van der Waals surface area contributed by atoms with Crippen molar-refractivity contribution >= 4 is 29.9 Å². The van der Waals surface area contributed by atoms with Gasteiger partial charge in [0.25, 0.3) is 0 Å². The molecule has 1 aromatic carbocycles. The van der Waals surface area contributed by atoms with Crippen molar-refractivity contribution < 1.29 is 0 Å². The summed E-state index contributed by atoms with van der Waals surface area (Å²) in [5.74, 6) is 0.919. The summed E-state index contributed by atoms with van der Waals surface area (Å²) >= 11 is 0. The lowest BCUT2D eigenvalue weighted by Crippen LogP contribution is -2.39. The molecule has 3 heteroatoms. The Morgan fingerprint density at radius 1 is 1.35 bits per heavy atom. The predicted octanol–water partition coefficient (Wildman–Crippen LogP) is 5.13. The highest BCUT2D eigenvalue weighted by molar-refractivity contribution is 6.42. The fourth-order valence-corrected chi connectivity index (χ4v) is 4.21. The van der Waals surface area contributed by atoms with E-state index in [9.17, 15) is 0 Å². The first kappa shape index (κ1) is 18.4. The van der Waals surface area contributed by atoms with Crippen molar-refractivity contribution in [3.05, 3.63) is 72.5 Å². The standard InChI is InChI=1S/C21H21BN2.C2H6/c1-3-6-13(7-4-2)19-16-9-5-8-15(16)17-12-14-10-11-23-20(14)18(22)21(17)24-19;1-2/h3-8,10-12,15-16,19,23-24H,1,9H2,2H3;1-2H3/b7-4-,13-6+;. The van der Waals surface area contributed by atoms with Gasteiger partial charge in [0.2, 0.25) is 0 Å². The monoisotopic (exact) mass is 342 g/mol. The van der Waals surface area contributed by atoms with E-state index in [1.54, 1.807) is 0 Å². The molecule has 0 amide bonds. The average Bonchev–Trinajstić information content (AvgIpc) is 3.32. The summed E-state index contributed by atoms with van der Waals surface area (Å²) in [5, 5.41) is 4.92. The Morgan fingerprint density at radius 2 is 2.15 bits per heavy atom. The Bertz CT molecular complexity index is 885. The number of rotatable bonds is 3. The van der Waals surface area contributed by atoms with Crippen LogP contribution in [0.15, 0.2) is 66.9 Å². The van der Waals surface area contributed by atoms with E-state index in [0.717, 1.165) is 23.1 Å². The van der Waals surface area contributed by atoms with Gasteiger partial charge in [-0.15, -0.1) is 0 Å². The summed E-state index contributed by atoms with van der Waals surface area (Å²) in [7, 11) is 6.50. The summed E-state index contributed by atoms with van der Waals surface area (Å²) in [6.45, 7) is 9.93. The number of allylic oxidation sites excluding steroid dienone is 5. The van der Waals surface area contributed by atoms with E-state index in [0.29, 0.717) is 11.8 Å². The zero-order chi connectivity index (χ0) is 18.7. The van der Waals surface area contributed by atoms with Crippen LogP contribution in [0.1, 0.15) is 38.7 Å². The van der Waals surface area contributed by atoms with Crippen LogP contribution in [-0.4, -0.2) is 18.9 Å². The zero-order valence-electron chi connectivity index (χ0n) is 15.9. The smallest absolute Gasteiger partial charge is 0.119 e. The summed E-state index contributed by atoms with van der Waals surface area (Å²) in [6.07, 6.45) is 15.9. The molecule has 2 radical (unpaired) electrons. The van der Waals surface area contributed by atoms with Crippen LogP contribution >= 0.6 is 0 Å². The van der Waals surface area contributed by atoms with Crippen LogP contribution < -0.4 is 10.8 Å². The third-order valence-corrected chi connectivity index (χ3v) is 5.25. The van der Waals surface area contributed by atoms with E-state index in [4.69, 9.17) is 7.85 Å². The molecule has 2 N–H and O–H groups in total. The van der Waals surface area contributed by atoms with E-state index >= 15 is 0 Å². The molecule has 0 spiro atoms. The van der Waals surface area contributed by atoms with Crippen molar-refractivity contribution in [1.29, 1.82) is 0 Å². The van der Waals surface area contributed by atoms with Crippen molar-refractivity contribution in [2.24, 2.45) is 5.92 Å². The first-order valence-corrected chi connectivity index (χ1v) is 9.52. The zero-order valence-corrected chi connectivity index (χ0v) is 15.9. The molecule has 1 aliphatic heterocycles. The maximum atomic E-state index is 6.50. The molecule has 0 fully saturated rings. The van der Waals surface area contributed by atoms with E-state index in [1.807, 2.05) is 26.1 Å². The van der Waals surface area contributed by atoms with Gasteiger partial charge in [-0.1, -0.05) is 62.3 Å². The molecule has 1 aromatic heterocycles. The number of benzene rings is 1. The first-order chi connectivity index (χ1) is 12.7. The summed E-state index contributed by atoms with van der Waals surface area (Å²) < 4.78 is 0. The van der Waals surface area contributed by atoms with Crippen LogP contribution in [-0.2, 0) is 0 Å². The van der Waals surface area contributed by atoms with Gasteiger partial charge >= 0.3 is 0 Å². The van der Waals surface area contributed by atoms with Gasteiger partial charge in [0.05, 0.1) is 6.04 Å². The third-order valence-electron chi connectivity index (χ3n) is 5.25. The van der Waals surface area contributed by atoms with Crippen molar-refractivity contribution in [2.75, 3.05) is 5.32 Å². The lowest BCUT2D eigenvalue weighted by atomic mass is 9.73. The number of nitrogens with one attached hydrogen (secondary N) is 2. The lowest BCUT2D eigenvalue weighted by Gasteiger charge is -2.39. The van der Waals surface area contributed by atoms with Crippen LogP contribution in [0.2, 0.25) is 0 Å². The maximum Gasteiger partial charge on any atom is 0.119 e. The van der Waals surface area contributed by atoms with Crippen LogP contribution in [0.25, 0.3) is 10.9 Å². The second-order valence-corrected chi connectivity index (χ2v) is 6.57. The van der Waals surface area contributed by atoms with E-state index in [-0.39, 0.29) is 6.04 Å². The van der Waals surface area contributed by atoms with E-state index in [2.05, 4.69) is 66.3 Å². The molecular weight excluding hydrogens is 315 g/mol. The Kier molecular flexibility index (Phi) is 5.56. The summed E-state index contributed by atoms with van der Waals surface area (Å²) in [5.41, 5.74) is 5.47. The SMILES string of the molecule is CC.[B]c1c2c(cc3cc[nH]c13)C1C=CCC1C(C(/C=C\C)=C/C=C)N2. The minimum absolute atomic E-state index is 0.237. The largest absolute Gasteiger partial charge is 0.378 e. The fourth-order valence-electron chi connectivity index (χ4n) is 4.21. The Labute approximate surface area is 158 Å². The molecule has 0 bridgehead atoms. The normalized spacial score (nSPS) is 24.0. The van der Waals surface area contributed by atoms with Crippen molar-refractivity contribution in [1.82, 2.24) is 4.98 Å². The lowest BCUT2D eigenvalue weighted by molar-refractivity contribution is 0.455. The molecule has 2 aromatic rings. The Balaban J connectivity index is 0.000000948. The quantitative estimate of drug-likeness (QED) is 0.452. The molecule has 0 saturated heterocycles. The fraction of sp³-hybridized carbons (Fsp3) is 0.304. The van der Waals surface area contributed by atoms with E-state index < -0.39 is 0 Å². The minimum atomic E-state index is 0.237. The van der Waals surface area contributed by atoms with Crippen molar-refractivity contribution in [3.8, 4) is 0 Å². The van der Waals surface area contributed by atoms with Crippen LogP contribution in [0.4, 0.5) is 5.69 Å². The van der Waals surface area contributed by atoms with Gasteiger partial charge < -0.3 is 10.3 Å². The van der Waals surface area contributed by atoms with Crippen LogP contribution in [0.5, 0.6) is 0 Å². The van der Waals surface area contributed by atoms with Crippen LogP contribution in [0, 0.1) is 5.92 Å². The maximum absolute atomic E-state index is 6.50. The number of fused-ring (bicyclic) bond motifs is 4. The molecule has 0 saturated carbocycles. The number of aromatic nitrogens is 1. The van der Waals surface area contributed by atoms with Gasteiger partial charge in [-0.25, -0.2) is 0 Å². The second kappa shape index (κ2) is 7.86. The molecule has 1 aliphatic carbocycles. The van der Waals surface area contributed by atoms with Crippen molar-refractivity contribution in [2.45, 2.75) is 39.2 Å². The third kappa shape index (κ3) is 2.96. The minimum Gasteiger partial charge on any atom is -0.378 e. The number of aromatic amines is 1. The van der Waals surface area contributed by atoms with Gasteiger partial charge in [0.15, 0.2) is 0 Å². The molecule has 26 heavy (non-hydrogen) atoms. The number of anilines is 1. The predicted molar refractivity (Wildman–Crippen MR) is 116 cm³/mol. The van der Waals surface area contributed by atoms with Gasteiger partial charge in [0, 0.05) is 23.3 Å². The van der Waals surface area contributed by atoms with Gasteiger partial charge in [0.1, 0.15) is 7.85 Å². The van der Waals surface area contributed by atoms with Gasteiger partial charge in [-0.3, -0.25) is 0 Å². The van der Waals surface area contributed by atoms with Gasteiger partial charge in [-0.05, 0) is 47.9 Å². The number of H-pyrrole nitrogens is 1. The van der Waals surface area contributed by atoms with E-state index in [1.165, 1.54) is 16.5 Å². The molecule has 2 aliphatic rings. The molecule has 2 nitrogen and oxygen atoms in total. The molecular formula is C23H27BN2. The Morgan fingerprint density at radius 3 is 2.88 bits per heavy atom. The molecule has 132 valence electrons. The highest BCUT2D eigenvalue weighted by Crippen LogP contribution is 2.46. The van der Waals surface area contributed by atoms with Crippen molar-refractivity contribution in [3.63, 3.8) is 0 Å². The Hall–Kier alpha value is -2.42. The topological polar surface area (TPSA) is 27.8 Å². The summed E-state index contributed by atoms with van der Waals surface area (Å²) in [4.78, 5) is 3.26. The average molecular weight is 342 g/mol. The van der Waals surface area contributed by atoms with Gasteiger partial charge in [-0.2, -0.15) is 0 Å². The molecule has 2 heterocycles. The molecule has 3 atom stereocenters. The highest BCUT2D eigenvalue weighted by atomic mass is 15.0. The number of hydrogen-bond donors (Lipinski definition) is 2. The first-order valence-electron chi connectivity index (χ1n) is 9.52. The molecule has 3 unspecified atom stereocenters. The molecule has 4 rings (SSSR count). The number of hydrogen-bond acceptors (Lipinski definition) is 1.